The summed E-state index contributed by atoms with van der Waals surface area (Å²) in [5, 5.41) is 7.34. The van der Waals surface area contributed by atoms with Crippen LogP contribution in [0.2, 0.25) is 0 Å². The molecule has 0 aliphatic heterocycles. The monoisotopic (exact) mass is 259 g/mol. The lowest BCUT2D eigenvalue weighted by molar-refractivity contribution is -0.141. The molecule has 1 aromatic heterocycles. The van der Waals surface area contributed by atoms with E-state index < -0.39 is 0 Å². The van der Waals surface area contributed by atoms with Crippen LogP contribution in [0.4, 0.5) is 5.69 Å². The smallest absolute Gasteiger partial charge is 0.327 e. The van der Waals surface area contributed by atoms with E-state index in [1.807, 2.05) is 41.2 Å². The van der Waals surface area contributed by atoms with Crippen molar-refractivity contribution in [3.05, 3.63) is 48.3 Å². The molecule has 0 radical (unpaired) electrons. The molecule has 0 saturated heterocycles. The van der Waals surface area contributed by atoms with Gasteiger partial charge in [-0.05, 0) is 24.6 Å². The lowest BCUT2D eigenvalue weighted by atomic mass is 10.1. The molecule has 0 amide bonds. The van der Waals surface area contributed by atoms with Gasteiger partial charge in [0.25, 0.3) is 0 Å². The highest BCUT2D eigenvalue weighted by molar-refractivity contribution is 5.79. The van der Waals surface area contributed by atoms with Crippen LogP contribution in [0.15, 0.2) is 42.7 Å². The van der Waals surface area contributed by atoms with Gasteiger partial charge in [-0.25, -0.2) is 4.79 Å². The van der Waals surface area contributed by atoms with Gasteiger partial charge in [-0.3, -0.25) is 4.68 Å². The van der Waals surface area contributed by atoms with Crippen LogP contribution in [-0.4, -0.2) is 28.9 Å². The number of hydrogen-bond donors (Lipinski definition) is 1. The number of benzene rings is 1. The van der Waals surface area contributed by atoms with E-state index in [9.17, 15) is 4.79 Å². The Morgan fingerprint density at radius 3 is 2.89 bits per heavy atom. The maximum absolute atomic E-state index is 11.4. The topological polar surface area (TPSA) is 56.1 Å². The minimum Gasteiger partial charge on any atom is -0.467 e. The third-order valence-electron chi connectivity index (χ3n) is 2.84. The van der Waals surface area contributed by atoms with E-state index in [0.717, 1.165) is 11.3 Å². The lowest BCUT2D eigenvalue weighted by Crippen LogP contribution is -2.27. The number of esters is 1. The Kier molecular flexibility index (Phi) is 4.18. The molecule has 1 unspecified atom stereocenters. The number of carbonyl (C=O) groups excluding carboxylic acids is 1. The van der Waals surface area contributed by atoms with Crippen molar-refractivity contribution in [2.75, 3.05) is 12.4 Å². The quantitative estimate of drug-likeness (QED) is 0.833. The fourth-order valence-electron chi connectivity index (χ4n) is 1.84. The number of carbonyl (C=O) groups is 1. The van der Waals surface area contributed by atoms with Gasteiger partial charge in [0.05, 0.1) is 13.7 Å². The number of nitrogens with one attached hydrogen (secondary N) is 1. The average molecular weight is 259 g/mol. The number of anilines is 1. The predicted octanol–water partition coefficient (Wildman–Crippen LogP) is 1.90. The van der Waals surface area contributed by atoms with Gasteiger partial charge in [-0.15, -0.1) is 0 Å². The summed E-state index contributed by atoms with van der Waals surface area (Å²) < 4.78 is 6.55. The fourth-order valence-corrected chi connectivity index (χ4v) is 1.84. The molecule has 1 atom stereocenters. The zero-order valence-electron chi connectivity index (χ0n) is 11.0. The molecule has 2 aromatic rings. The highest BCUT2D eigenvalue weighted by atomic mass is 16.5. The third-order valence-corrected chi connectivity index (χ3v) is 2.84. The normalized spacial score (nSPS) is 11.9. The van der Waals surface area contributed by atoms with Gasteiger partial charge < -0.3 is 10.1 Å². The van der Waals surface area contributed by atoms with E-state index >= 15 is 0 Å². The Hall–Kier alpha value is -2.30. The number of methoxy groups -OCH3 is 1. The van der Waals surface area contributed by atoms with Crippen molar-refractivity contribution in [2.45, 2.75) is 19.5 Å². The second kappa shape index (κ2) is 6.04. The van der Waals surface area contributed by atoms with Crippen molar-refractivity contribution in [1.82, 2.24) is 9.78 Å². The summed E-state index contributed by atoms with van der Waals surface area (Å²) in [6.45, 7) is 2.43. The Balaban J connectivity index is 2.14. The van der Waals surface area contributed by atoms with Crippen molar-refractivity contribution < 1.29 is 9.53 Å². The maximum atomic E-state index is 11.4. The molecule has 1 N–H and O–H groups in total. The molecule has 0 saturated carbocycles. The molecular weight excluding hydrogens is 242 g/mol. The molecule has 5 nitrogen and oxygen atoms in total. The van der Waals surface area contributed by atoms with Gasteiger partial charge in [0.15, 0.2) is 0 Å². The largest absolute Gasteiger partial charge is 0.467 e. The number of ether oxygens (including phenoxy) is 1. The molecule has 0 spiro atoms. The lowest BCUT2D eigenvalue weighted by Gasteiger charge is -2.16. The van der Waals surface area contributed by atoms with Crippen molar-refractivity contribution in [2.24, 2.45) is 0 Å². The van der Waals surface area contributed by atoms with Crippen LogP contribution in [0.3, 0.4) is 0 Å². The van der Waals surface area contributed by atoms with Crippen molar-refractivity contribution in [3.8, 4) is 0 Å². The molecule has 0 aliphatic carbocycles. The van der Waals surface area contributed by atoms with Crippen LogP contribution in [0.1, 0.15) is 12.5 Å². The number of rotatable bonds is 5. The van der Waals surface area contributed by atoms with E-state index in [-0.39, 0.29) is 12.0 Å². The van der Waals surface area contributed by atoms with E-state index in [1.54, 1.807) is 13.1 Å². The summed E-state index contributed by atoms with van der Waals surface area (Å²) >= 11 is 0. The summed E-state index contributed by atoms with van der Waals surface area (Å²) in [4.78, 5) is 11.4. The molecule has 1 heterocycles. The summed E-state index contributed by atoms with van der Waals surface area (Å²) in [7, 11) is 1.39. The number of hydrogen-bond acceptors (Lipinski definition) is 4. The minimum atomic E-state index is -0.385. The second-order valence-corrected chi connectivity index (χ2v) is 4.25. The van der Waals surface area contributed by atoms with E-state index in [0.29, 0.717) is 6.54 Å². The van der Waals surface area contributed by atoms with Crippen molar-refractivity contribution in [1.29, 1.82) is 0 Å². The first-order valence-electron chi connectivity index (χ1n) is 6.10. The van der Waals surface area contributed by atoms with E-state index in [4.69, 9.17) is 4.74 Å². The van der Waals surface area contributed by atoms with Crippen LogP contribution in [0.5, 0.6) is 0 Å². The average Bonchev–Trinajstić information content (AvgIpc) is 2.93. The number of aromatic nitrogens is 2. The van der Waals surface area contributed by atoms with Gasteiger partial charge in [0, 0.05) is 18.1 Å². The molecular formula is C14H17N3O2. The maximum Gasteiger partial charge on any atom is 0.327 e. The molecule has 2 rings (SSSR count). The van der Waals surface area contributed by atoms with Crippen molar-refractivity contribution in [3.63, 3.8) is 0 Å². The number of nitrogens with zero attached hydrogens (tertiary/aromatic N) is 2. The summed E-state index contributed by atoms with van der Waals surface area (Å²) in [5.41, 5.74) is 1.98. The molecule has 0 aliphatic rings. The Morgan fingerprint density at radius 2 is 2.21 bits per heavy atom. The first-order chi connectivity index (χ1) is 9.20. The second-order valence-electron chi connectivity index (χ2n) is 4.25. The van der Waals surface area contributed by atoms with E-state index in [2.05, 4.69) is 10.4 Å². The molecule has 100 valence electrons. The van der Waals surface area contributed by atoms with Crippen LogP contribution in [-0.2, 0) is 16.1 Å². The SMILES string of the molecule is COC(=O)C(C)Nc1ccccc1Cn1cccn1. The van der Waals surface area contributed by atoms with Crippen molar-refractivity contribution >= 4 is 11.7 Å². The first kappa shape index (κ1) is 13.1. The van der Waals surface area contributed by atoms with Crippen LogP contribution < -0.4 is 5.32 Å². The van der Waals surface area contributed by atoms with Gasteiger partial charge in [-0.1, -0.05) is 18.2 Å². The van der Waals surface area contributed by atoms with Gasteiger partial charge in [0.1, 0.15) is 6.04 Å². The third kappa shape index (κ3) is 3.34. The highest BCUT2D eigenvalue weighted by Gasteiger charge is 2.14. The molecule has 19 heavy (non-hydrogen) atoms. The van der Waals surface area contributed by atoms with Crippen LogP contribution >= 0.6 is 0 Å². The molecule has 0 fully saturated rings. The molecule has 5 heteroatoms. The van der Waals surface area contributed by atoms with Crippen LogP contribution in [0.25, 0.3) is 0 Å². The zero-order chi connectivity index (χ0) is 13.7. The fraction of sp³-hybridized carbons (Fsp3) is 0.286. The van der Waals surface area contributed by atoms with E-state index in [1.165, 1.54) is 7.11 Å². The number of para-hydroxylation sites is 1. The van der Waals surface area contributed by atoms with Gasteiger partial charge >= 0.3 is 5.97 Å². The Morgan fingerprint density at radius 1 is 1.42 bits per heavy atom. The first-order valence-corrected chi connectivity index (χ1v) is 6.10. The summed E-state index contributed by atoms with van der Waals surface area (Å²) in [5.74, 6) is -0.283. The highest BCUT2D eigenvalue weighted by Crippen LogP contribution is 2.17. The zero-order valence-corrected chi connectivity index (χ0v) is 11.0. The summed E-state index contributed by atoms with van der Waals surface area (Å²) in [6, 6.07) is 9.34. The van der Waals surface area contributed by atoms with Gasteiger partial charge in [-0.2, -0.15) is 5.10 Å². The summed E-state index contributed by atoms with van der Waals surface area (Å²) in [6.07, 6.45) is 3.65. The Bertz CT molecular complexity index is 537. The Labute approximate surface area is 112 Å². The standard InChI is InChI=1S/C14H17N3O2/c1-11(14(18)19-2)16-13-7-4-3-6-12(13)10-17-9-5-8-15-17/h3-9,11,16H,10H2,1-2H3. The predicted molar refractivity (Wildman–Crippen MR) is 72.9 cm³/mol. The molecule has 0 bridgehead atoms. The molecule has 1 aromatic carbocycles. The van der Waals surface area contributed by atoms with Crippen LogP contribution in [0, 0.1) is 0 Å². The minimum absolute atomic E-state index is 0.283. The van der Waals surface area contributed by atoms with Gasteiger partial charge in [0.2, 0.25) is 0 Å².